The minimum atomic E-state index is -3.31. The third kappa shape index (κ3) is 5.97. The first-order chi connectivity index (χ1) is 17.2. The van der Waals surface area contributed by atoms with E-state index in [9.17, 15) is 22.0 Å². The van der Waals surface area contributed by atoms with Crippen molar-refractivity contribution >= 4 is 0 Å². The molecule has 0 unspecified atom stereocenters. The molecule has 2 aromatic rings. The van der Waals surface area contributed by atoms with Crippen LogP contribution in [0.5, 0.6) is 11.5 Å². The van der Waals surface area contributed by atoms with Crippen LogP contribution in [0.15, 0.2) is 36.4 Å². The molecule has 198 valence electrons. The average Bonchev–Trinajstić information content (AvgIpc) is 2.86. The first-order valence-electron chi connectivity index (χ1n) is 13.1. The highest BCUT2D eigenvalue weighted by Crippen LogP contribution is 2.45. The van der Waals surface area contributed by atoms with Gasteiger partial charge in [-0.3, -0.25) is 0 Å². The normalized spacial score (nSPS) is 25.1. The molecule has 0 radical (unpaired) electrons. The Morgan fingerprint density at radius 2 is 1.44 bits per heavy atom. The Kier molecular flexibility index (Phi) is 8.46. The van der Waals surface area contributed by atoms with Crippen molar-refractivity contribution in [2.24, 2.45) is 23.7 Å². The van der Waals surface area contributed by atoms with E-state index in [4.69, 9.17) is 9.47 Å². The molecule has 2 aromatic carbocycles. The van der Waals surface area contributed by atoms with Crippen molar-refractivity contribution < 1.29 is 31.4 Å². The van der Waals surface area contributed by atoms with Crippen LogP contribution in [0.1, 0.15) is 77.2 Å². The molecule has 36 heavy (non-hydrogen) atoms. The fraction of sp³-hybridized carbons (Fsp3) is 0.586. The van der Waals surface area contributed by atoms with Crippen LogP contribution in [-0.2, 0) is 0 Å². The lowest BCUT2D eigenvalue weighted by atomic mass is 9.69. The third-order valence-electron chi connectivity index (χ3n) is 8.06. The maximum absolute atomic E-state index is 15.0. The summed E-state index contributed by atoms with van der Waals surface area (Å²) in [6.45, 7) is 4.05. The van der Waals surface area contributed by atoms with Crippen molar-refractivity contribution in [3.05, 3.63) is 47.8 Å². The molecule has 2 aliphatic rings. The van der Waals surface area contributed by atoms with E-state index in [2.05, 4.69) is 6.92 Å². The van der Waals surface area contributed by atoms with Gasteiger partial charge in [0, 0.05) is 0 Å². The minimum Gasteiger partial charge on any atom is -0.491 e. The van der Waals surface area contributed by atoms with Crippen LogP contribution in [0.25, 0.3) is 11.1 Å². The predicted molar refractivity (Wildman–Crippen MR) is 130 cm³/mol. The largest absolute Gasteiger partial charge is 0.491 e. The summed E-state index contributed by atoms with van der Waals surface area (Å²) in [6, 6.07) is 8.08. The number of halogens is 5. The van der Waals surface area contributed by atoms with Crippen molar-refractivity contribution in [2.45, 2.75) is 77.7 Å². The number of hydrogen-bond acceptors (Lipinski definition) is 2. The van der Waals surface area contributed by atoms with Crippen molar-refractivity contribution in [1.29, 1.82) is 0 Å². The Hall–Kier alpha value is -2.31. The molecule has 7 heteroatoms. The summed E-state index contributed by atoms with van der Waals surface area (Å²) in [5, 5.41) is 0. The predicted octanol–water partition coefficient (Wildman–Crippen LogP) is 9.43. The van der Waals surface area contributed by atoms with E-state index in [1.165, 1.54) is 62.1 Å². The van der Waals surface area contributed by atoms with E-state index in [0.717, 1.165) is 18.8 Å². The maximum Gasteiger partial charge on any atom is 0.400 e. The number of hydrogen-bond donors (Lipinski definition) is 0. The molecule has 0 aromatic heterocycles. The van der Waals surface area contributed by atoms with Crippen LogP contribution >= 0.6 is 0 Å². The molecule has 0 bridgehead atoms. The summed E-state index contributed by atoms with van der Waals surface area (Å²) >= 11 is 0. The number of alkyl halides is 4. The van der Waals surface area contributed by atoms with Crippen LogP contribution in [0.2, 0.25) is 0 Å². The number of benzene rings is 2. The monoisotopic (exact) mass is 510 g/mol. The van der Waals surface area contributed by atoms with Gasteiger partial charge in [-0.25, -0.2) is 13.2 Å². The summed E-state index contributed by atoms with van der Waals surface area (Å²) in [5.74, 6) is -0.286. The van der Waals surface area contributed by atoms with Crippen LogP contribution in [-0.4, -0.2) is 12.7 Å². The minimum absolute atomic E-state index is 0.0142. The van der Waals surface area contributed by atoms with Gasteiger partial charge in [0.05, 0.1) is 18.1 Å². The smallest absolute Gasteiger partial charge is 0.400 e. The van der Waals surface area contributed by atoms with Crippen LogP contribution in [0, 0.1) is 29.5 Å². The van der Waals surface area contributed by atoms with Gasteiger partial charge in [0.25, 0.3) is 6.43 Å². The second kappa shape index (κ2) is 11.4. The molecule has 2 nitrogen and oxygen atoms in total. The van der Waals surface area contributed by atoms with Gasteiger partial charge in [-0.15, -0.1) is 0 Å². The fourth-order valence-electron chi connectivity index (χ4n) is 5.93. The maximum atomic E-state index is 15.0. The summed E-state index contributed by atoms with van der Waals surface area (Å²) in [6.07, 6.45) is 1.01. The van der Waals surface area contributed by atoms with Gasteiger partial charge in [0.15, 0.2) is 11.6 Å². The highest BCUT2D eigenvalue weighted by Gasteiger charge is 2.45. The van der Waals surface area contributed by atoms with E-state index in [1.54, 1.807) is 6.92 Å². The molecular weight excluding hydrogens is 475 g/mol. The lowest BCUT2D eigenvalue weighted by Crippen LogP contribution is -2.38. The molecule has 2 aliphatic carbocycles. The fourth-order valence-corrected chi connectivity index (χ4v) is 5.93. The molecule has 0 atom stereocenters. The quantitative estimate of drug-likeness (QED) is 0.329. The van der Waals surface area contributed by atoms with Gasteiger partial charge in [0.2, 0.25) is 0 Å². The highest BCUT2D eigenvalue weighted by molar-refractivity contribution is 5.69. The Balaban J connectivity index is 1.40. The first kappa shape index (κ1) is 26.7. The van der Waals surface area contributed by atoms with Gasteiger partial charge < -0.3 is 9.47 Å². The van der Waals surface area contributed by atoms with E-state index in [0.29, 0.717) is 24.7 Å². The molecule has 2 fully saturated rings. The SMILES string of the molecule is CCOc1ccc(-c2ccc(OC(F)(F)C3CCC(C4CCC(C)CC4)CC3)cc2)c(C(F)F)c1F. The van der Waals surface area contributed by atoms with E-state index >= 15 is 0 Å². The van der Waals surface area contributed by atoms with Crippen molar-refractivity contribution in [2.75, 3.05) is 6.61 Å². The molecule has 0 amide bonds. The second-order valence-electron chi connectivity index (χ2n) is 10.4. The summed E-state index contributed by atoms with van der Waals surface area (Å²) in [5.41, 5.74) is -0.506. The van der Waals surface area contributed by atoms with E-state index < -0.39 is 29.8 Å². The van der Waals surface area contributed by atoms with Crippen LogP contribution in [0.4, 0.5) is 22.0 Å². The summed E-state index contributed by atoms with van der Waals surface area (Å²) < 4.78 is 82.1. The second-order valence-corrected chi connectivity index (χ2v) is 10.4. The van der Waals surface area contributed by atoms with Crippen LogP contribution < -0.4 is 9.47 Å². The number of rotatable bonds is 8. The Labute approximate surface area is 210 Å². The standard InChI is InChI=1S/C29H35F5O2/c1-3-35-25-17-16-24(26(27(25)30)28(31)32)21-10-14-23(15-11-21)36-29(33,34)22-12-8-20(9-13-22)19-6-4-18(2)5-7-19/h10-11,14-20,22,28H,3-9,12-13H2,1-2H3. The molecule has 0 N–H and O–H groups in total. The molecule has 4 rings (SSSR count). The van der Waals surface area contributed by atoms with Gasteiger partial charge >= 0.3 is 6.11 Å². The van der Waals surface area contributed by atoms with E-state index in [-0.39, 0.29) is 29.2 Å². The number of ether oxygens (including phenoxy) is 2. The molecule has 0 heterocycles. The molecule has 0 spiro atoms. The van der Waals surface area contributed by atoms with Gasteiger partial charge in [0.1, 0.15) is 5.75 Å². The summed E-state index contributed by atoms with van der Waals surface area (Å²) in [7, 11) is 0. The Morgan fingerprint density at radius 1 is 0.861 bits per heavy atom. The van der Waals surface area contributed by atoms with Gasteiger partial charge in [-0.1, -0.05) is 31.9 Å². The van der Waals surface area contributed by atoms with Crippen LogP contribution in [0.3, 0.4) is 0 Å². The third-order valence-corrected chi connectivity index (χ3v) is 8.06. The zero-order chi connectivity index (χ0) is 25.9. The Morgan fingerprint density at radius 3 is 2.00 bits per heavy atom. The summed E-state index contributed by atoms with van der Waals surface area (Å²) in [4.78, 5) is 0. The topological polar surface area (TPSA) is 18.5 Å². The van der Waals surface area contributed by atoms with Gasteiger partial charge in [-0.05, 0) is 98.6 Å². The van der Waals surface area contributed by atoms with Crippen molar-refractivity contribution in [1.82, 2.24) is 0 Å². The zero-order valence-electron chi connectivity index (χ0n) is 20.9. The van der Waals surface area contributed by atoms with Crippen molar-refractivity contribution in [3.63, 3.8) is 0 Å². The van der Waals surface area contributed by atoms with Gasteiger partial charge in [-0.2, -0.15) is 8.78 Å². The Bertz CT molecular complexity index is 991. The molecule has 0 saturated heterocycles. The van der Waals surface area contributed by atoms with E-state index in [1.807, 2.05) is 0 Å². The van der Waals surface area contributed by atoms with Crippen molar-refractivity contribution in [3.8, 4) is 22.6 Å². The lowest BCUT2D eigenvalue weighted by molar-refractivity contribution is -0.224. The lowest BCUT2D eigenvalue weighted by Gasteiger charge is -2.38. The molecule has 0 aliphatic heterocycles. The molecule has 2 saturated carbocycles. The first-order valence-corrected chi connectivity index (χ1v) is 13.1. The highest BCUT2D eigenvalue weighted by atomic mass is 19.3. The molecular formula is C29H35F5O2. The zero-order valence-corrected chi connectivity index (χ0v) is 20.9. The average molecular weight is 511 g/mol.